The molecule has 1 unspecified atom stereocenters. The van der Waals surface area contributed by atoms with Crippen LogP contribution in [0, 0.1) is 0 Å². The first-order valence-electron chi connectivity index (χ1n) is 6.77. The number of carbonyl (C=O) groups excluding carboxylic acids is 1. The van der Waals surface area contributed by atoms with E-state index in [1.54, 1.807) is 0 Å². The van der Waals surface area contributed by atoms with Gasteiger partial charge in [-0.2, -0.15) is 0 Å². The van der Waals surface area contributed by atoms with E-state index in [0.29, 0.717) is 17.1 Å². The maximum atomic E-state index is 11.4. The molecule has 0 bridgehead atoms. The second-order valence-corrected chi connectivity index (χ2v) is 5.68. The molecule has 0 radical (unpaired) electrons. The molecule has 4 nitrogen and oxygen atoms in total. The summed E-state index contributed by atoms with van der Waals surface area (Å²) in [6.45, 7) is 2.04. The topological polar surface area (TPSA) is 67.1 Å². The Balaban J connectivity index is 1.85. The fourth-order valence-corrected chi connectivity index (χ4v) is 2.71. The Morgan fingerprint density at radius 1 is 1.33 bits per heavy atom. The molecule has 4 N–H and O–H groups in total. The maximum absolute atomic E-state index is 11.4. The highest BCUT2D eigenvalue weighted by molar-refractivity contribution is 6.30. The number of carbonyl (C=O) groups is 1. The van der Waals surface area contributed by atoms with Crippen LogP contribution in [0.1, 0.15) is 24.1 Å². The molecule has 3 rings (SSSR count). The monoisotopic (exact) mass is 301 g/mol. The Morgan fingerprint density at radius 2 is 2.14 bits per heavy atom. The number of nitrogens with one attached hydrogen (secondary N) is 2. The van der Waals surface area contributed by atoms with E-state index in [1.807, 2.05) is 43.3 Å². The fourth-order valence-electron chi connectivity index (χ4n) is 2.51. The normalized spacial score (nSPS) is 14.5. The van der Waals surface area contributed by atoms with Gasteiger partial charge in [-0.15, -0.1) is 0 Å². The average Bonchev–Trinajstić information content (AvgIpc) is 2.78. The van der Waals surface area contributed by atoms with Crippen LogP contribution in [0.5, 0.6) is 0 Å². The van der Waals surface area contributed by atoms with Gasteiger partial charge in [0.15, 0.2) is 0 Å². The highest BCUT2D eigenvalue weighted by Gasteiger charge is 2.20. The van der Waals surface area contributed by atoms with Crippen molar-refractivity contribution in [1.29, 1.82) is 0 Å². The summed E-state index contributed by atoms with van der Waals surface area (Å²) >= 11 is 6.02. The molecule has 2 aromatic rings. The number of halogens is 1. The molecule has 0 fully saturated rings. The van der Waals surface area contributed by atoms with Crippen LogP contribution in [0.2, 0.25) is 5.02 Å². The fraction of sp³-hybridized carbons (Fsp3) is 0.188. The summed E-state index contributed by atoms with van der Waals surface area (Å²) in [4.78, 5) is 11.4. The predicted molar refractivity (Wildman–Crippen MR) is 86.7 cm³/mol. The SMILES string of the molecule is CC(Nc1cc2c(cc1N)CC(=O)N2)c1cccc(Cl)c1. The van der Waals surface area contributed by atoms with E-state index in [9.17, 15) is 4.79 Å². The van der Waals surface area contributed by atoms with E-state index >= 15 is 0 Å². The molecule has 0 saturated carbocycles. The van der Waals surface area contributed by atoms with Gasteiger partial charge in [-0.05, 0) is 42.3 Å². The minimum Gasteiger partial charge on any atom is -0.397 e. The van der Waals surface area contributed by atoms with Gasteiger partial charge in [-0.25, -0.2) is 0 Å². The van der Waals surface area contributed by atoms with Crippen molar-refractivity contribution in [2.24, 2.45) is 0 Å². The number of anilines is 3. The molecule has 0 aromatic heterocycles. The van der Waals surface area contributed by atoms with Crippen molar-refractivity contribution in [3.05, 3.63) is 52.5 Å². The lowest BCUT2D eigenvalue weighted by Crippen LogP contribution is -2.09. The summed E-state index contributed by atoms with van der Waals surface area (Å²) in [5.41, 5.74) is 10.4. The van der Waals surface area contributed by atoms with Gasteiger partial charge >= 0.3 is 0 Å². The standard InChI is InChI=1S/C16H16ClN3O/c1-9(10-3-2-4-12(17)5-10)19-15-8-14-11(6-13(15)18)7-16(21)20-14/h2-6,8-9,19H,7,18H2,1H3,(H,20,21). The molecule has 1 amide bonds. The van der Waals surface area contributed by atoms with E-state index in [1.165, 1.54) is 0 Å². The van der Waals surface area contributed by atoms with Gasteiger partial charge in [0.1, 0.15) is 0 Å². The second kappa shape index (κ2) is 5.30. The largest absolute Gasteiger partial charge is 0.397 e. The van der Waals surface area contributed by atoms with E-state index in [4.69, 9.17) is 17.3 Å². The number of rotatable bonds is 3. The zero-order valence-electron chi connectivity index (χ0n) is 11.6. The number of hydrogen-bond donors (Lipinski definition) is 3. The zero-order valence-corrected chi connectivity index (χ0v) is 12.4. The molecule has 1 atom stereocenters. The van der Waals surface area contributed by atoms with E-state index in [-0.39, 0.29) is 11.9 Å². The number of amides is 1. The minimum absolute atomic E-state index is 0.00411. The third-order valence-corrected chi connectivity index (χ3v) is 3.86. The van der Waals surface area contributed by atoms with E-state index < -0.39 is 0 Å². The van der Waals surface area contributed by atoms with E-state index in [2.05, 4.69) is 10.6 Å². The Labute approximate surface area is 128 Å². The van der Waals surface area contributed by atoms with Crippen LogP contribution in [0.15, 0.2) is 36.4 Å². The number of benzene rings is 2. The Kier molecular flexibility index (Phi) is 3.47. The van der Waals surface area contributed by atoms with Gasteiger partial charge in [-0.3, -0.25) is 4.79 Å². The summed E-state index contributed by atoms with van der Waals surface area (Å²) in [6, 6.07) is 11.5. The molecular formula is C16H16ClN3O. The molecule has 1 aliphatic heterocycles. The molecule has 0 aliphatic carbocycles. The lowest BCUT2D eigenvalue weighted by Gasteiger charge is -2.18. The predicted octanol–water partition coefficient (Wildman–Crippen LogP) is 3.59. The highest BCUT2D eigenvalue weighted by Crippen LogP contribution is 2.33. The first-order valence-corrected chi connectivity index (χ1v) is 7.15. The van der Waals surface area contributed by atoms with Crippen LogP contribution >= 0.6 is 11.6 Å². The first kappa shape index (κ1) is 13.8. The smallest absolute Gasteiger partial charge is 0.228 e. The lowest BCUT2D eigenvalue weighted by molar-refractivity contribution is -0.115. The summed E-state index contributed by atoms with van der Waals surface area (Å²) in [6.07, 6.45) is 0.393. The van der Waals surface area contributed by atoms with Crippen LogP contribution in [0.4, 0.5) is 17.1 Å². The second-order valence-electron chi connectivity index (χ2n) is 5.24. The van der Waals surface area contributed by atoms with Crippen molar-refractivity contribution in [2.75, 3.05) is 16.4 Å². The lowest BCUT2D eigenvalue weighted by atomic mass is 10.1. The molecule has 5 heteroatoms. The van der Waals surface area contributed by atoms with Crippen LogP contribution in [0.3, 0.4) is 0 Å². The average molecular weight is 302 g/mol. The van der Waals surface area contributed by atoms with Gasteiger partial charge in [0.2, 0.25) is 5.91 Å². The molecule has 1 heterocycles. The van der Waals surface area contributed by atoms with Gasteiger partial charge in [0, 0.05) is 16.8 Å². The third kappa shape index (κ3) is 2.81. The first-order chi connectivity index (χ1) is 10.0. The molecule has 2 aromatic carbocycles. The van der Waals surface area contributed by atoms with Crippen molar-refractivity contribution in [2.45, 2.75) is 19.4 Å². The van der Waals surface area contributed by atoms with Gasteiger partial charge in [0.05, 0.1) is 17.8 Å². The molecule has 0 saturated heterocycles. The molecule has 21 heavy (non-hydrogen) atoms. The maximum Gasteiger partial charge on any atom is 0.228 e. The Morgan fingerprint density at radius 3 is 2.90 bits per heavy atom. The summed E-state index contributed by atoms with van der Waals surface area (Å²) in [5.74, 6) is 0.00411. The Hall–Kier alpha value is -2.20. The van der Waals surface area contributed by atoms with Crippen LogP contribution < -0.4 is 16.4 Å². The van der Waals surface area contributed by atoms with Crippen molar-refractivity contribution >= 4 is 34.6 Å². The third-order valence-electron chi connectivity index (χ3n) is 3.62. The number of hydrogen-bond acceptors (Lipinski definition) is 3. The molecule has 1 aliphatic rings. The zero-order chi connectivity index (χ0) is 15.0. The van der Waals surface area contributed by atoms with Crippen molar-refractivity contribution in [1.82, 2.24) is 0 Å². The molecule has 0 spiro atoms. The van der Waals surface area contributed by atoms with Crippen LogP contribution in [-0.2, 0) is 11.2 Å². The summed E-state index contributed by atoms with van der Waals surface area (Å²) < 4.78 is 0. The van der Waals surface area contributed by atoms with Gasteiger partial charge in [0.25, 0.3) is 0 Å². The van der Waals surface area contributed by atoms with E-state index in [0.717, 1.165) is 22.5 Å². The van der Waals surface area contributed by atoms with Gasteiger partial charge < -0.3 is 16.4 Å². The minimum atomic E-state index is 0.00411. The quantitative estimate of drug-likeness (QED) is 0.759. The number of nitrogens with two attached hydrogens (primary N) is 1. The van der Waals surface area contributed by atoms with Crippen LogP contribution in [0.25, 0.3) is 0 Å². The highest BCUT2D eigenvalue weighted by atomic mass is 35.5. The van der Waals surface area contributed by atoms with Crippen LogP contribution in [-0.4, -0.2) is 5.91 Å². The summed E-state index contributed by atoms with van der Waals surface area (Å²) in [5, 5.41) is 6.90. The molecular weight excluding hydrogens is 286 g/mol. The summed E-state index contributed by atoms with van der Waals surface area (Å²) in [7, 11) is 0. The Bertz CT molecular complexity index is 715. The van der Waals surface area contributed by atoms with Crippen molar-refractivity contribution in [3.8, 4) is 0 Å². The van der Waals surface area contributed by atoms with Gasteiger partial charge in [-0.1, -0.05) is 23.7 Å². The molecule has 108 valence electrons. The van der Waals surface area contributed by atoms with Crippen molar-refractivity contribution < 1.29 is 4.79 Å². The number of nitrogen functional groups attached to an aromatic ring is 1. The van der Waals surface area contributed by atoms with Crippen molar-refractivity contribution in [3.63, 3.8) is 0 Å². The number of fused-ring (bicyclic) bond motifs is 1.